The van der Waals surface area contributed by atoms with E-state index in [9.17, 15) is 9.59 Å². The van der Waals surface area contributed by atoms with Crippen molar-refractivity contribution >= 4 is 11.9 Å². The van der Waals surface area contributed by atoms with E-state index in [-0.39, 0.29) is 18.0 Å². The molecule has 0 aliphatic carbocycles. The van der Waals surface area contributed by atoms with Crippen molar-refractivity contribution in [1.29, 1.82) is 0 Å². The van der Waals surface area contributed by atoms with Gasteiger partial charge >= 0.3 is 11.9 Å². The fraction of sp³-hybridized carbons (Fsp3) is 0.963. The molecule has 2 aliphatic rings. The first-order chi connectivity index (χ1) is 29.9. The molecule has 0 aromatic rings. The standard InChI is InChI=1S/C54H103NO6/c1-5-9-23-33-49(34-24-10-6-2)39-45-58-52(56)37-27-19-15-13-17-21-29-41-54(60-48-51(61-54)47-55-43-31-32-44-55)42-30-22-18-14-16-20-28-38-53(57)59-46-40-50(35-25-11-7-3)36-26-12-8-4/h49-51H,5-48H2,1-4H3. The third kappa shape index (κ3) is 30.6. The molecule has 0 aromatic heterocycles. The minimum Gasteiger partial charge on any atom is -0.466 e. The molecule has 0 aromatic carbocycles. The van der Waals surface area contributed by atoms with Crippen LogP contribution in [0.15, 0.2) is 0 Å². The first kappa shape index (κ1) is 56.0. The minimum absolute atomic E-state index is 0.00410. The lowest BCUT2D eigenvalue weighted by Crippen LogP contribution is -2.35. The van der Waals surface area contributed by atoms with Gasteiger partial charge in [0.1, 0.15) is 0 Å². The maximum absolute atomic E-state index is 12.4. The summed E-state index contributed by atoms with van der Waals surface area (Å²) in [5, 5.41) is 0. The van der Waals surface area contributed by atoms with Gasteiger partial charge in [-0.15, -0.1) is 0 Å². The smallest absolute Gasteiger partial charge is 0.305 e. The molecule has 2 aliphatic heterocycles. The highest BCUT2D eigenvalue weighted by molar-refractivity contribution is 5.69. The zero-order valence-corrected chi connectivity index (χ0v) is 41.2. The summed E-state index contributed by atoms with van der Waals surface area (Å²) in [5.41, 5.74) is 0. The highest BCUT2D eigenvalue weighted by Gasteiger charge is 2.41. The molecule has 0 bridgehead atoms. The lowest BCUT2D eigenvalue weighted by Gasteiger charge is -2.29. The normalized spacial score (nSPS) is 16.7. The molecule has 7 nitrogen and oxygen atoms in total. The molecule has 2 fully saturated rings. The summed E-state index contributed by atoms with van der Waals surface area (Å²) in [6.07, 6.45) is 45.0. The number of nitrogens with zero attached hydrogens (tertiary/aromatic N) is 1. The van der Waals surface area contributed by atoms with Crippen LogP contribution < -0.4 is 0 Å². The second kappa shape index (κ2) is 39.2. The second-order valence-electron chi connectivity index (χ2n) is 19.7. The van der Waals surface area contributed by atoms with E-state index in [1.165, 1.54) is 180 Å². The molecular formula is C54H103NO6. The van der Waals surface area contributed by atoms with E-state index >= 15 is 0 Å². The van der Waals surface area contributed by atoms with Crippen LogP contribution in [0.5, 0.6) is 0 Å². The SMILES string of the molecule is CCCCCC(CCCCC)CCOC(=O)CCCCCCCCCC1(CCCCCCCCCC(=O)OCCC(CCCCC)CCCCC)OCC(CN2CCCC2)O1. The summed E-state index contributed by atoms with van der Waals surface area (Å²) < 4.78 is 24.7. The maximum atomic E-state index is 12.4. The number of esters is 2. The molecule has 0 saturated carbocycles. The number of likely N-dealkylation sites (tertiary alicyclic amines) is 1. The second-order valence-corrected chi connectivity index (χ2v) is 19.7. The average Bonchev–Trinajstić information content (AvgIpc) is 3.92. The Bertz CT molecular complexity index is 920. The number of carbonyl (C=O) groups excluding carboxylic acids is 2. The Balaban J connectivity index is 1.56. The van der Waals surface area contributed by atoms with Crippen LogP contribution in [0.4, 0.5) is 0 Å². The van der Waals surface area contributed by atoms with E-state index < -0.39 is 5.79 Å². The molecular weight excluding hydrogens is 759 g/mol. The van der Waals surface area contributed by atoms with Gasteiger partial charge in [-0.2, -0.15) is 0 Å². The Morgan fingerprint density at radius 3 is 1.28 bits per heavy atom. The van der Waals surface area contributed by atoms with Gasteiger partial charge in [-0.1, -0.05) is 195 Å². The number of ether oxygens (including phenoxy) is 4. The van der Waals surface area contributed by atoms with Crippen molar-refractivity contribution in [2.45, 2.75) is 284 Å². The van der Waals surface area contributed by atoms with Crippen molar-refractivity contribution in [1.82, 2.24) is 4.90 Å². The van der Waals surface area contributed by atoms with Gasteiger partial charge in [-0.25, -0.2) is 0 Å². The van der Waals surface area contributed by atoms with Crippen molar-refractivity contribution in [3.8, 4) is 0 Å². The third-order valence-corrected chi connectivity index (χ3v) is 13.9. The molecule has 2 rings (SSSR count). The molecule has 0 radical (unpaired) electrons. The van der Waals surface area contributed by atoms with Gasteiger partial charge < -0.3 is 23.8 Å². The van der Waals surface area contributed by atoms with E-state index in [0.717, 1.165) is 77.4 Å². The van der Waals surface area contributed by atoms with E-state index in [1.54, 1.807) is 0 Å². The van der Waals surface area contributed by atoms with Crippen molar-refractivity contribution in [3.63, 3.8) is 0 Å². The van der Waals surface area contributed by atoms with Crippen LogP contribution in [-0.4, -0.2) is 68.2 Å². The third-order valence-electron chi connectivity index (χ3n) is 13.9. The lowest BCUT2D eigenvalue weighted by atomic mass is 9.92. The van der Waals surface area contributed by atoms with E-state index in [4.69, 9.17) is 18.9 Å². The van der Waals surface area contributed by atoms with Gasteiger partial charge in [0, 0.05) is 32.2 Å². The highest BCUT2D eigenvalue weighted by atomic mass is 16.7. The maximum Gasteiger partial charge on any atom is 0.305 e. The molecule has 0 N–H and O–H groups in total. The van der Waals surface area contributed by atoms with Crippen molar-refractivity contribution in [2.24, 2.45) is 11.8 Å². The van der Waals surface area contributed by atoms with Crippen molar-refractivity contribution < 1.29 is 28.5 Å². The van der Waals surface area contributed by atoms with Gasteiger partial charge in [0.15, 0.2) is 5.79 Å². The summed E-state index contributed by atoms with van der Waals surface area (Å²) in [5.74, 6) is 1.04. The van der Waals surface area contributed by atoms with E-state index in [1.807, 2.05) is 0 Å². The summed E-state index contributed by atoms with van der Waals surface area (Å²) in [6, 6.07) is 0. The molecule has 7 heteroatoms. The van der Waals surface area contributed by atoms with Gasteiger partial charge in [0.2, 0.25) is 0 Å². The Morgan fingerprint density at radius 2 is 0.885 bits per heavy atom. The molecule has 1 atom stereocenters. The molecule has 360 valence electrons. The van der Waals surface area contributed by atoms with Crippen LogP contribution >= 0.6 is 0 Å². The van der Waals surface area contributed by atoms with Crippen LogP contribution in [0.25, 0.3) is 0 Å². The Kier molecular flexibility index (Phi) is 36.0. The largest absolute Gasteiger partial charge is 0.466 e. The van der Waals surface area contributed by atoms with Gasteiger partial charge in [-0.3, -0.25) is 9.59 Å². The number of unbranched alkanes of at least 4 members (excludes halogenated alkanes) is 20. The molecule has 0 amide bonds. The number of hydrogen-bond donors (Lipinski definition) is 0. The topological polar surface area (TPSA) is 74.3 Å². The molecule has 61 heavy (non-hydrogen) atoms. The first-order valence-corrected chi connectivity index (χ1v) is 27.3. The Labute approximate surface area is 379 Å². The summed E-state index contributed by atoms with van der Waals surface area (Å²) in [6.45, 7) is 14.4. The van der Waals surface area contributed by atoms with Crippen molar-refractivity contribution in [2.75, 3.05) is 39.5 Å². The lowest BCUT2D eigenvalue weighted by molar-refractivity contribution is -0.180. The Morgan fingerprint density at radius 1 is 0.508 bits per heavy atom. The van der Waals surface area contributed by atoms with Gasteiger partial charge in [0.25, 0.3) is 0 Å². The predicted octanol–water partition coefficient (Wildman–Crippen LogP) is 15.6. The molecule has 0 spiro atoms. The fourth-order valence-electron chi connectivity index (χ4n) is 9.86. The number of hydrogen-bond acceptors (Lipinski definition) is 7. The van der Waals surface area contributed by atoms with E-state index in [0.29, 0.717) is 37.9 Å². The fourth-order valence-corrected chi connectivity index (χ4v) is 9.86. The monoisotopic (exact) mass is 862 g/mol. The summed E-state index contributed by atoms with van der Waals surface area (Å²) in [4.78, 5) is 27.4. The van der Waals surface area contributed by atoms with Gasteiger partial charge in [-0.05, 0) is 76.3 Å². The summed E-state index contributed by atoms with van der Waals surface area (Å²) in [7, 11) is 0. The van der Waals surface area contributed by atoms with E-state index in [2.05, 4.69) is 32.6 Å². The minimum atomic E-state index is -0.402. The molecule has 2 saturated heterocycles. The quantitative estimate of drug-likeness (QED) is 0.0446. The van der Waals surface area contributed by atoms with Crippen LogP contribution in [-0.2, 0) is 28.5 Å². The van der Waals surface area contributed by atoms with Crippen LogP contribution in [0.2, 0.25) is 0 Å². The zero-order chi connectivity index (χ0) is 43.9. The predicted molar refractivity (Wildman–Crippen MR) is 257 cm³/mol. The first-order valence-electron chi connectivity index (χ1n) is 27.3. The van der Waals surface area contributed by atoms with Crippen LogP contribution in [0.3, 0.4) is 0 Å². The summed E-state index contributed by atoms with van der Waals surface area (Å²) >= 11 is 0. The number of rotatable bonds is 44. The average molecular weight is 862 g/mol. The van der Waals surface area contributed by atoms with Crippen molar-refractivity contribution in [3.05, 3.63) is 0 Å². The molecule has 1 unspecified atom stereocenters. The van der Waals surface area contributed by atoms with Gasteiger partial charge in [0.05, 0.1) is 25.9 Å². The number of carbonyl (C=O) groups is 2. The molecule has 2 heterocycles. The van der Waals surface area contributed by atoms with Crippen LogP contribution in [0.1, 0.15) is 272 Å². The zero-order valence-electron chi connectivity index (χ0n) is 41.2. The highest BCUT2D eigenvalue weighted by Crippen LogP contribution is 2.35. The Hall–Kier alpha value is -1.18. The van der Waals surface area contributed by atoms with Crippen LogP contribution in [0, 0.1) is 11.8 Å².